The SMILES string of the molecule is COc1ccc(-[n+]2[nH]oc(=O)c2SCCC(=O)Nc2ccc(OC)c(Cl)c2)cc1. The van der Waals surface area contributed by atoms with Gasteiger partial charge in [-0.05, 0) is 52.0 Å². The Kier molecular flexibility index (Phi) is 6.84. The van der Waals surface area contributed by atoms with Gasteiger partial charge in [-0.25, -0.2) is 4.79 Å². The minimum absolute atomic E-state index is 0.196. The quantitative estimate of drug-likeness (QED) is 0.416. The third-order valence-electron chi connectivity index (χ3n) is 3.94. The zero-order chi connectivity index (χ0) is 20.8. The first-order valence-corrected chi connectivity index (χ1v) is 9.92. The molecule has 0 aliphatic heterocycles. The summed E-state index contributed by atoms with van der Waals surface area (Å²) in [6.07, 6.45) is 0.196. The van der Waals surface area contributed by atoms with Gasteiger partial charge in [0.15, 0.2) is 0 Å². The number of hydrogen-bond acceptors (Lipinski definition) is 6. The van der Waals surface area contributed by atoms with Crippen molar-refractivity contribution < 1.29 is 23.5 Å². The number of amides is 1. The zero-order valence-corrected chi connectivity index (χ0v) is 17.3. The van der Waals surface area contributed by atoms with E-state index in [1.54, 1.807) is 49.6 Å². The molecular weight excluding hydrogens is 418 g/mol. The van der Waals surface area contributed by atoms with E-state index in [-0.39, 0.29) is 12.3 Å². The summed E-state index contributed by atoms with van der Waals surface area (Å²) in [7, 11) is 3.10. The first-order chi connectivity index (χ1) is 14.0. The van der Waals surface area contributed by atoms with E-state index in [1.807, 2.05) is 0 Å². The number of rotatable bonds is 8. The Labute approximate surface area is 175 Å². The van der Waals surface area contributed by atoms with E-state index in [1.165, 1.54) is 23.6 Å². The molecule has 8 nitrogen and oxygen atoms in total. The summed E-state index contributed by atoms with van der Waals surface area (Å²) >= 11 is 7.28. The molecule has 3 rings (SSSR count). The van der Waals surface area contributed by atoms with Crippen LogP contribution in [0.2, 0.25) is 5.02 Å². The van der Waals surface area contributed by atoms with E-state index in [0.717, 1.165) is 0 Å². The monoisotopic (exact) mass is 436 g/mol. The number of ether oxygens (including phenoxy) is 2. The Bertz CT molecular complexity index is 1050. The molecule has 152 valence electrons. The van der Waals surface area contributed by atoms with Gasteiger partial charge in [-0.1, -0.05) is 11.6 Å². The van der Waals surface area contributed by atoms with Crippen molar-refractivity contribution in [3.8, 4) is 17.2 Å². The molecule has 0 atom stereocenters. The number of benzene rings is 2. The van der Waals surface area contributed by atoms with Crippen molar-refractivity contribution in [3.05, 3.63) is 57.9 Å². The molecule has 0 bridgehead atoms. The first kappa shape index (κ1) is 20.8. The molecule has 1 aromatic heterocycles. The Morgan fingerprint density at radius 3 is 2.62 bits per heavy atom. The van der Waals surface area contributed by atoms with Gasteiger partial charge < -0.3 is 14.8 Å². The van der Waals surface area contributed by atoms with Crippen LogP contribution in [-0.4, -0.2) is 31.2 Å². The summed E-state index contributed by atoms with van der Waals surface area (Å²) in [5.74, 6) is 1.41. The average Bonchev–Trinajstić information content (AvgIpc) is 3.09. The van der Waals surface area contributed by atoms with E-state index in [0.29, 0.717) is 38.7 Å². The molecule has 2 N–H and O–H groups in total. The fourth-order valence-corrected chi connectivity index (χ4v) is 3.67. The van der Waals surface area contributed by atoms with Crippen molar-refractivity contribution in [1.29, 1.82) is 0 Å². The molecule has 0 radical (unpaired) electrons. The summed E-state index contributed by atoms with van der Waals surface area (Å²) in [4.78, 5) is 24.2. The number of nitrogens with zero attached hydrogens (tertiary/aromatic N) is 1. The molecule has 0 saturated heterocycles. The minimum Gasteiger partial charge on any atom is -0.497 e. The normalized spacial score (nSPS) is 10.6. The van der Waals surface area contributed by atoms with Crippen molar-refractivity contribution in [3.63, 3.8) is 0 Å². The maximum absolute atomic E-state index is 12.2. The molecule has 0 unspecified atom stereocenters. The van der Waals surface area contributed by atoms with Crippen LogP contribution in [0, 0.1) is 0 Å². The lowest BCUT2D eigenvalue weighted by Gasteiger charge is -2.07. The van der Waals surface area contributed by atoms with Crippen LogP contribution < -0.4 is 25.1 Å². The van der Waals surface area contributed by atoms with Gasteiger partial charge in [0.2, 0.25) is 11.6 Å². The van der Waals surface area contributed by atoms with Gasteiger partial charge in [-0.15, -0.1) is 0 Å². The van der Waals surface area contributed by atoms with Gasteiger partial charge in [0.1, 0.15) is 11.5 Å². The van der Waals surface area contributed by atoms with Crippen molar-refractivity contribution >= 4 is 35.0 Å². The highest BCUT2D eigenvalue weighted by Crippen LogP contribution is 2.27. The zero-order valence-electron chi connectivity index (χ0n) is 15.7. The van der Waals surface area contributed by atoms with Crippen molar-refractivity contribution in [2.75, 3.05) is 25.3 Å². The van der Waals surface area contributed by atoms with Gasteiger partial charge in [-0.2, -0.15) is 0 Å². The minimum atomic E-state index is -0.506. The molecule has 0 aliphatic carbocycles. The maximum atomic E-state index is 12.2. The molecule has 3 aromatic rings. The lowest BCUT2D eigenvalue weighted by molar-refractivity contribution is -0.704. The fourth-order valence-electron chi connectivity index (χ4n) is 2.50. The standard InChI is InChI=1S/C19H18ClN3O5S/c1-26-14-6-4-13(5-7-14)23-18(19(25)28-22-23)29-10-9-17(24)21-12-3-8-16(27-2)15(20)11-12/h3-8,11H,9-10H2,1-2H3,(H-,21,22,24,25)/p+1. The predicted octanol–water partition coefficient (Wildman–Crippen LogP) is 3.04. The molecular formula is C19H19ClN3O5S+. The number of thioether (sulfide) groups is 1. The lowest BCUT2D eigenvalue weighted by Crippen LogP contribution is -2.36. The number of hydrogen-bond donors (Lipinski definition) is 2. The maximum Gasteiger partial charge on any atom is 0.442 e. The van der Waals surface area contributed by atoms with E-state index >= 15 is 0 Å². The highest BCUT2D eigenvalue weighted by Gasteiger charge is 2.24. The molecule has 0 saturated carbocycles. The molecule has 29 heavy (non-hydrogen) atoms. The van der Waals surface area contributed by atoms with Crippen LogP contribution in [0.3, 0.4) is 0 Å². The Hall–Kier alpha value is -2.91. The summed E-state index contributed by atoms with van der Waals surface area (Å²) in [5, 5.41) is 6.08. The second-order valence-corrected chi connectivity index (χ2v) is 7.31. The van der Waals surface area contributed by atoms with E-state index in [4.69, 9.17) is 25.6 Å². The second kappa shape index (κ2) is 9.53. The van der Waals surface area contributed by atoms with E-state index in [9.17, 15) is 9.59 Å². The second-order valence-electron chi connectivity index (χ2n) is 5.82. The van der Waals surface area contributed by atoms with Crippen LogP contribution in [0.1, 0.15) is 6.42 Å². The highest BCUT2D eigenvalue weighted by atomic mass is 35.5. The smallest absolute Gasteiger partial charge is 0.442 e. The molecule has 0 aliphatic rings. The van der Waals surface area contributed by atoms with Crippen LogP contribution in [0.25, 0.3) is 5.69 Å². The van der Waals surface area contributed by atoms with Crippen LogP contribution in [-0.2, 0) is 4.79 Å². The molecule has 10 heteroatoms. The average molecular weight is 437 g/mol. The third-order valence-corrected chi connectivity index (χ3v) is 5.27. The van der Waals surface area contributed by atoms with Crippen molar-refractivity contribution in [2.45, 2.75) is 11.4 Å². The predicted molar refractivity (Wildman–Crippen MR) is 109 cm³/mol. The van der Waals surface area contributed by atoms with Crippen molar-refractivity contribution in [1.82, 2.24) is 5.27 Å². The van der Waals surface area contributed by atoms with Gasteiger partial charge >= 0.3 is 10.7 Å². The van der Waals surface area contributed by atoms with Crippen LogP contribution >= 0.6 is 23.4 Å². The third kappa shape index (κ3) is 5.12. The molecule has 0 spiro atoms. The highest BCUT2D eigenvalue weighted by molar-refractivity contribution is 7.99. The Morgan fingerprint density at radius 1 is 1.21 bits per heavy atom. The number of carbonyl (C=O) groups is 1. The molecule has 2 aromatic carbocycles. The molecule has 1 heterocycles. The van der Waals surface area contributed by atoms with E-state index < -0.39 is 5.63 Å². The summed E-state index contributed by atoms with van der Waals surface area (Å²) in [5.41, 5.74) is 0.768. The Morgan fingerprint density at radius 2 is 1.97 bits per heavy atom. The largest absolute Gasteiger partial charge is 0.497 e. The van der Waals surface area contributed by atoms with Gasteiger partial charge in [0, 0.05) is 30.0 Å². The molecule has 1 amide bonds. The summed E-state index contributed by atoms with van der Waals surface area (Å²) < 4.78 is 16.6. The van der Waals surface area contributed by atoms with Crippen LogP contribution in [0.15, 0.2) is 56.8 Å². The number of halogens is 1. The number of nitrogens with one attached hydrogen (secondary N) is 2. The molecule has 0 fully saturated rings. The first-order valence-electron chi connectivity index (χ1n) is 8.56. The topological polar surface area (TPSA) is 97.4 Å². The number of carbonyl (C=O) groups excluding carboxylic acids is 1. The van der Waals surface area contributed by atoms with Gasteiger partial charge in [0.25, 0.3) is 0 Å². The summed E-state index contributed by atoms with van der Waals surface area (Å²) in [6.45, 7) is 0. The number of aromatic nitrogens is 2. The Balaban J connectivity index is 1.60. The number of aromatic amines is 1. The number of methoxy groups -OCH3 is 2. The number of anilines is 1. The van der Waals surface area contributed by atoms with Gasteiger partial charge in [0.05, 0.1) is 19.2 Å². The van der Waals surface area contributed by atoms with E-state index in [2.05, 4.69) is 10.6 Å². The number of H-pyrrole nitrogens is 1. The van der Waals surface area contributed by atoms with Crippen molar-refractivity contribution in [2.24, 2.45) is 0 Å². The fraction of sp³-hybridized carbons (Fsp3) is 0.211. The van der Waals surface area contributed by atoms with Crippen LogP contribution in [0.4, 0.5) is 5.69 Å². The lowest BCUT2D eigenvalue weighted by atomic mass is 10.3. The summed E-state index contributed by atoms with van der Waals surface area (Å²) in [6, 6.07) is 12.1. The van der Waals surface area contributed by atoms with Crippen LogP contribution in [0.5, 0.6) is 11.5 Å². The van der Waals surface area contributed by atoms with Gasteiger partial charge in [-0.3, -0.25) is 9.32 Å².